The van der Waals surface area contributed by atoms with Crippen molar-refractivity contribution in [2.45, 2.75) is 32.3 Å². The van der Waals surface area contributed by atoms with Gasteiger partial charge >= 0.3 is 5.97 Å². The van der Waals surface area contributed by atoms with E-state index in [0.29, 0.717) is 22.9 Å². The van der Waals surface area contributed by atoms with Crippen LogP contribution in [0.15, 0.2) is 42.5 Å². The Labute approximate surface area is 165 Å². The number of hydrogen-bond acceptors (Lipinski definition) is 4. The molecule has 0 saturated heterocycles. The van der Waals surface area contributed by atoms with Gasteiger partial charge in [0, 0.05) is 17.1 Å². The summed E-state index contributed by atoms with van der Waals surface area (Å²) in [5.41, 5.74) is 2.51. The molecule has 0 spiro atoms. The Hall–Kier alpha value is -3.35. The molecule has 1 heterocycles. The van der Waals surface area contributed by atoms with Crippen molar-refractivity contribution < 1.29 is 23.1 Å². The number of benzene rings is 2. The summed E-state index contributed by atoms with van der Waals surface area (Å²) in [6.45, 7) is 1.38. The normalized spacial score (nSPS) is 13.8. The van der Waals surface area contributed by atoms with Gasteiger partial charge in [0.1, 0.15) is 11.6 Å². The fraction of sp³-hybridized carbons (Fsp3) is 0.227. The Morgan fingerprint density at radius 2 is 1.93 bits per heavy atom. The van der Waals surface area contributed by atoms with Crippen LogP contribution in [0, 0.1) is 11.6 Å². The number of carbonyl (C=O) groups is 2. The topological polar surface area (TPSA) is 68.3 Å². The summed E-state index contributed by atoms with van der Waals surface area (Å²) in [7, 11) is 0. The van der Waals surface area contributed by atoms with Gasteiger partial charge in [-0.3, -0.25) is 9.78 Å². The summed E-state index contributed by atoms with van der Waals surface area (Å²) < 4.78 is 32.4. The van der Waals surface area contributed by atoms with Crippen molar-refractivity contribution in [2.75, 3.05) is 5.32 Å². The predicted molar refractivity (Wildman–Crippen MR) is 104 cm³/mol. The van der Waals surface area contributed by atoms with Crippen LogP contribution < -0.4 is 5.32 Å². The SMILES string of the molecule is CC(OC(=O)c1c2c(nc3ccccc13)CCC2)C(=O)Nc1cc(F)ccc1F. The van der Waals surface area contributed by atoms with E-state index in [4.69, 9.17) is 4.74 Å². The van der Waals surface area contributed by atoms with Gasteiger partial charge in [-0.2, -0.15) is 0 Å². The Bertz CT molecular complexity index is 1130. The molecule has 1 aliphatic carbocycles. The third kappa shape index (κ3) is 3.68. The highest BCUT2D eigenvalue weighted by Crippen LogP contribution is 2.30. The number of hydrogen-bond donors (Lipinski definition) is 1. The number of aromatic nitrogens is 1. The number of nitrogens with one attached hydrogen (secondary N) is 1. The van der Waals surface area contributed by atoms with Crippen LogP contribution in [-0.2, 0) is 22.4 Å². The van der Waals surface area contributed by atoms with E-state index in [-0.39, 0.29) is 5.69 Å². The first-order valence-corrected chi connectivity index (χ1v) is 9.31. The number of rotatable bonds is 4. The average molecular weight is 396 g/mol. The zero-order valence-electron chi connectivity index (χ0n) is 15.7. The minimum absolute atomic E-state index is 0.312. The third-order valence-electron chi connectivity index (χ3n) is 4.96. The molecule has 1 amide bonds. The van der Waals surface area contributed by atoms with Gasteiger partial charge in [-0.05, 0) is 49.9 Å². The lowest BCUT2D eigenvalue weighted by Crippen LogP contribution is -2.30. The molecule has 3 aromatic rings. The first-order chi connectivity index (χ1) is 13.9. The van der Waals surface area contributed by atoms with Crippen LogP contribution >= 0.6 is 0 Å². The van der Waals surface area contributed by atoms with Crippen LogP contribution in [0.2, 0.25) is 0 Å². The van der Waals surface area contributed by atoms with Gasteiger partial charge in [0.2, 0.25) is 0 Å². The summed E-state index contributed by atoms with van der Waals surface area (Å²) >= 11 is 0. The van der Waals surface area contributed by atoms with E-state index in [2.05, 4.69) is 10.3 Å². The van der Waals surface area contributed by atoms with Gasteiger partial charge in [-0.15, -0.1) is 0 Å². The van der Waals surface area contributed by atoms with E-state index >= 15 is 0 Å². The molecule has 5 nitrogen and oxygen atoms in total. The van der Waals surface area contributed by atoms with E-state index in [9.17, 15) is 18.4 Å². The van der Waals surface area contributed by atoms with Crippen LogP contribution in [0.3, 0.4) is 0 Å². The molecule has 1 unspecified atom stereocenters. The van der Waals surface area contributed by atoms with Gasteiger partial charge < -0.3 is 10.1 Å². The van der Waals surface area contributed by atoms with Crippen molar-refractivity contribution in [3.8, 4) is 0 Å². The maximum Gasteiger partial charge on any atom is 0.339 e. The monoisotopic (exact) mass is 396 g/mol. The highest BCUT2D eigenvalue weighted by Gasteiger charge is 2.27. The van der Waals surface area contributed by atoms with E-state index in [0.717, 1.165) is 42.3 Å². The fourth-order valence-corrected chi connectivity index (χ4v) is 3.54. The number of esters is 1. The largest absolute Gasteiger partial charge is 0.449 e. The summed E-state index contributed by atoms with van der Waals surface area (Å²) in [4.78, 5) is 29.9. The molecule has 1 aromatic heterocycles. The first kappa shape index (κ1) is 19.0. The molecule has 148 valence electrons. The second kappa shape index (κ2) is 7.58. The Morgan fingerprint density at radius 3 is 2.76 bits per heavy atom. The van der Waals surface area contributed by atoms with Crippen molar-refractivity contribution in [3.05, 3.63) is 70.9 Å². The molecule has 0 saturated carbocycles. The van der Waals surface area contributed by atoms with E-state index in [1.165, 1.54) is 6.92 Å². The highest BCUT2D eigenvalue weighted by atomic mass is 19.1. The zero-order chi connectivity index (χ0) is 20.5. The summed E-state index contributed by atoms with van der Waals surface area (Å²) in [5, 5.41) is 2.92. The quantitative estimate of drug-likeness (QED) is 0.672. The van der Waals surface area contributed by atoms with Crippen LogP contribution in [0.4, 0.5) is 14.5 Å². The molecule has 7 heteroatoms. The van der Waals surface area contributed by atoms with Crippen molar-refractivity contribution in [1.29, 1.82) is 0 Å². The van der Waals surface area contributed by atoms with Crippen molar-refractivity contribution in [2.24, 2.45) is 0 Å². The molecule has 1 atom stereocenters. The maximum atomic E-state index is 13.7. The molecular formula is C22H18F2N2O3. The van der Waals surface area contributed by atoms with Crippen LogP contribution in [-0.4, -0.2) is 23.0 Å². The minimum Gasteiger partial charge on any atom is -0.449 e. The van der Waals surface area contributed by atoms with E-state index < -0.39 is 29.6 Å². The number of amides is 1. The number of aryl methyl sites for hydroxylation is 1. The number of anilines is 1. The highest BCUT2D eigenvalue weighted by molar-refractivity contribution is 6.06. The second-order valence-electron chi connectivity index (χ2n) is 6.94. The molecular weight excluding hydrogens is 378 g/mol. The summed E-state index contributed by atoms with van der Waals surface area (Å²) in [5.74, 6) is -2.86. The van der Waals surface area contributed by atoms with E-state index in [1.807, 2.05) is 18.2 Å². The number of pyridine rings is 1. The number of carbonyl (C=O) groups excluding carboxylic acids is 2. The van der Waals surface area contributed by atoms with Crippen molar-refractivity contribution in [3.63, 3.8) is 0 Å². The van der Waals surface area contributed by atoms with Gasteiger partial charge in [0.05, 0.1) is 16.8 Å². The molecule has 0 fully saturated rings. The van der Waals surface area contributed by atoms with E-state index in [1.54, 1.807) is 6.07 Å². The number of nitrogens with zero attached hydrogens (tertiary/aromatic N) is 1. The number of ether oxygens (including phenoxy) is 1. The van der Waals surface area contributed by atoms with Crippen molar-refractivity contribution in [1.82, 2.24) is 4.98 Å². The molecule has 2 aromatic carbocycles. The average Bonchev–Trinajstić information content (AvgIpc) is 3.16. The molecule has 1 N–H and O–H groups in total. The molecule has 29 heavy (non-hydrogen) atoms. The second-order valence-corrected chi connectivity index (χ2v) is 6.94. The van der Waals surface area contributed by atoms with Crippen LogP contribution in [0.25, 0.3) is 10.9 Å². The summed E-state index contributed by atoms with van der Waals surface area (Å²) in [6.07, 6.45) is 1.20. The lowest BCUT2D eigenvalue weighted by Gasteiger charge is -2.16. The Kier molecular flexibility index (Phi) is 4.96. The number of fused-ring (bicyclic) bond motifs is 2. The smallest absolute Gasteiger partial charge is 0.339 e. The standard InChI is InChI=1S/C22H18F2N2O3/c1-12(21(27)26-19-11-13(23)9-10-16(19)24)29-22(28)20-14-5-2-3-7-17(14)25-18-8-4-6-15(18)20/h2-3,5,7,9-12H,4,6,8H2,1H3,(H,26,27). The third-order valence-corrected chi connectivity index (χ3v) is 4.96. The lowest BCUT2D eigenvalue weighted by atomic mass is 10.0. The maximum absolute atomic E-state index is 13.7. The number of para-hydroxylation sites is 1. The number of halogens is 2. The van der Waals surface area contributed by atoms with Gasteiger partial charge in [0.15, 0.2) is 6.10 Å². The van der Waals surface area contributed by atoms with Crippen LogP contribution in [0.5, 0.6) is 0 Å². The van der Waals surface area contributed by atoms with Crippen molar-refractivity contribution >= 4 is 28.5 Å². The van der Waals surface area contributed by atoms with Crippen LogP contribution in [0.1, 0.15) is 35.0 Å². The fourth-order valence-electron chi connectivity index (χ4n) is 3.54. The Balaban J connectivity index is 1.58. The summed E-state index contributed by atoms with van der Waals surface area (Å²) in [6, 6.07) is 10.0. The molecule has 0 bridgehead atoms. The zero-order valence-corrected chi connectivity index (χ0v) is 15.7. The molecule has 1 aliphatic rings. The predicted octanol–water partition coefficient (Wildman–Crippen LogP) is 4.19. The molecule has 0 aliphatic heterocycles. The lowest BCUT2D eigenvalue weighted by molar-refractivity contribution is -0.123. The Morgan fingerprint density at radius 1 is 1.14 bits per heavy atom. The minimum atomic E-state index is -1.20. The van der Waals surface area contributed by atoms with Gasteiger partial charge in [-0.1, -0.05) is 18.2 Å². The first-order valence-electron chi connectivity index (χ1n) is 9.31. The van der Waals surface area contributed by atoms with Gasteiger partial charge in [-0.25, -0.2) is 13.6 Å². The molecule has 4 rings (SSSR count). The molecule has 0 radical (unpaired) electrons. The van der Waals surface area contributed by atoms with Gasteiger partial charge in [0.25, 0.3) is 5.91 Å².